The monoisotopic (exact) mass is 661 g/mol. The Kier molecular flexibility index (Phi) is 11.8. The van der Waals surface area contributed by atoms with Crippen LogP contribution >= 0.6 is 11.6 Å². The van der Waals surface area contributed by atoms with Crippen molar-refractivity contribution < 1.29 is 22.7 Å². The molecule has 0 heterocycles. The van der Waals surface area contributed by atoms with Crippen molar-refractivity contribution in [3.8, 4) is 5.75 Å². The van der Waals surface area contributed by atoms with E-state index in [2.05, 4.69) is 5.32 Å². The van der Waals surface area contributed by atoms with Gasteiger partial charge >= 0.3 is 0 Å². The zero-order valence-electron chi connectivity index (χ0n) is 26.5. The lowest BCUT2D eigenvalue weighted by atomic mass is 10.0. The maximum atomic E-state index is 14.6. The molecule has 0 spiro atoms. The van der Waals surface area contributed by atoms with Crippen LogP contribution in [0.25, 0.3) is 0 Å². The summed E-state index contributed by atoms with van der Waals surface area (Å²) >= 11 is 6.16. The van der Waals surface area contributed by atoms with E-state index in [1.54, 1.807) is 60.7 Å². The number of hydrogen-bond acceptors (Lipinski definition) is 5. The number of hydrogen-bond donors (Lipinski definition) is 1. The molecule has 0 unspecified atom stereocenters. The number of halogens is 1. The minimum absolute atomic E-state index is 0.0355. The van der Waals surface area contributed by atoms with Gasteiger partial charge in [-0.2, -0.15) is 0 Å². The number of aryl methyl sites for hydroxylation is 1. The number of rotatable bonds is 14. The van der Waals surface area contributed by atoms with Gasteiger partial charge in [-0.3, -0.25) is 13.9 Å². The number of nitrogens with one attached hydrogen (secondary N) is 1. The molecule has 0 saturated carbocycles. The summed E-state index contributed by atoms with van der Waals surface area (Å²) in [4.78, 5) is 30.0. The van der Waals surface area contributed by atoms with Crippen LogP contribution in [0.4, 0.5) is 5.69 Å². The molecule has 0 aromatic heterocycles. The van der Waals surface area contributed by atoms with Crippen molar-refractivity contribution in [2.24, 2.45) is 0 Å². The topological polar surface area (TPSA) is 96.0 Å². The molecule has 1 N–H and O–H groups in total. The number of methoxy groups -OCH3 is 1. The van der Waals surface area contributed by atoms with Crippen molar-refractivity contribution in [1.29, 1.82) is 0 Å². The van der Waals surface area contributed by atoms with Crippen molar-refractivity contribution in [1.82, 2.24) is 10.2 Å². The molecular formula is C36H40ClN3O5S. The number of benzene rings is 4. The molecule has 46 heavy (non-hydrogen) atoms. The van der Waals surface area contributed by atoms with E-state index >= 15 is 0 Å². The number of carbonyl (C=O) groups is 2. The van der Waals surface area contributed by atoms with E-state index in [0.717, 1.165) is 21.0 Å². The zero-order valence-corrected chi connectivity index (χ0v) is 28.1. The summed E-state index contributed by atoms with van der Waals surface area (Å²) in [5.74, 6) is -0.439. The summed E-state index contributed by atoms with van der Waals surface area (Å²) in [7, 11) is -2.73. The Morgan fingerprint density at radius 1 is 0.891 bits per heavy atom. The molecule has 2 amide bonds. The first-order valence-electron chi connectivity index (χ1n) is 15.1. The summed E-state index contributed by atoms with van der Waals surface area (Å²) in [6.07, 6.45) is 0.930. The Morgan fingerprint density at radius 3 is 2.20 bits per heavy atom. The Hall–Kier alpha value is -4.34. The second-order valence-corrected chi connectivity index (χ2v) is 13.5. The standard InChI is InChI=1S/C36H40ClN3O5S/c1-5-27(3)38-36(42)34(22-28-10-7-6-8-11-28)39(24-29-16-18-30(37)19-17-29)35(41)25-40(31-12-9-13-32(23-31)45-4)46(43,44)33-20-14-26(2)15-21-33/h6-21,23,27,34H,5,22,24-25H2,1-4H3,(H,38,42)/t27-,34+/m1/s1. The van der Waals surface area contributed by atoms with Crippen LogP contribution in [-0.4, -0.2) is 50.9 Å². The highest BCUT2D eigenvalue weighted by Gasteiger charge is 2.35. The molecule has 4 rings (SSSR count). The maximum Gasteiger partial charge on any atom is 0.264 e. The van der Waals surface area contributed by atoms with Gasteiger partial charge in [0, 0.05) is 30.1 Å². The Bertz CT molecular complexity index is 1720. The van der Waals surface area contributed by atoms with Crippen molar-refractivity contribution in [3.05, 3.63) is 125 Å². The largest absolute Gasteiger partial charge is 0.497 e. The predicted molar refractivity (Wildman–Crippen MR) is 183 cm³/mol. The molecule has 242 valence electrons. The van der Waals surface area contributed by atoms with Crippen LogP contribution in [0.2, 0.25) is 5.02 Å². The van der Waals surface area contributed by atoms with Gasteiger partial charge in [-0.15, -0.1) is 0 Å². The molecule has 4 aromatic rings. The molecule has 0 radical (unpaired) electrons. The molecule has 0 aliphatic carbocycles. The van der Waals surface area contributed by atoms with Crippen LogP contribution in [0.3, 0.4) is 0 Å². The summed E-state index contributed by atoms with van der Waals surface area (Å²) in [6.45, 7) is 5.24. The van der Waals surface area contributed by atoms with Gasteiger partial charge in [0.05, 0.1) is 17.7 Å². The van der Waals surface area contributed by atoms with E-state index in [1.165, 1.54) is 24.1 Å². The van der Waals surface area contributed by atoms with Gasteiger partial charge in [-0.05, 0) is 67.8 Å². The normalized spacial score (nSPS) is 12.5. The highest BCUT2D eigenvalue weighted by atomic mass is 35.5. The third-order valence-corrected chi connectivity index (χ3v) is 9.81. The fourth-order valence-corrected chi connectivity index (χ4v) is 6.45. The molecule has 4 aromatic carbocycles. The maximum absolute atomic E-state index is 14.6. The molecule has 0 aliphatic heterocycles. The van der Waals surface area contributed by atoms with Crippen LogP contribution in [0.5, 0.6) is 5.75 Å². The SMILES string of the molecule is CC[C@@H](C)NC(=O)[C@H](Cc1ccccc1)N(Cc1ccc(Cl)cc1)C(=O)CN(c1cccc(OC)c1)S(=O)(=O)c1ccc(C)cc1. The van der Waals surface area contributed by atoms with Crippen molar-refractivity contribution in [2.45, 2.75) is 57.1 Å². The lowest BCUT2D eigenvalue weighted by Crippen LogP contribution is -2.54. The van der Waals surface area contributed by atoms with Crippen LogP contribution in [0, 0.1) is 6.92 Å². The van der Waals surface area contributed by atoms with Gasteiger partial charge in [-0.25, -0.2) is 8.42 Å². The molecule has 0 aliphatic rings. The highest BCUT2D eigenvalue weighted by Crippen LogP contribution is 2.28. The first-order chi connectivity index (χ1) is 22.0. The van der Waals surface area contributed by atoms with Gasteiger partial charge in [0.2, 0.25) is 11.8 Å². The first kappa shape index (κ1) is 34.5. The number of amides is 2. The number of anilines is 1. The zero-order chi connectivity index (χ0) is 33.3. The van der Waals surface area contributed by atoms with Crippen LogP contribution < -0.4 is 14.4 Å². The molecule has 2 atom stereocenters. The lowest BCUT2D eigenvalue weighted by molar-refractivity contribution is -0.140. The number of nitrogens with zero attached hydrogens (tertiary/aromatic N) is 2. The molecule has 8 nitrogen and oxygen atoms in total. The van der Waals surface area contributed by atoms with Gasteiger partial charge < -0.3 is 15.0 Å². The lowest BCUT2D eigenvalue weighted by Gasteiger charge is -2.34. The first-order valence-corrected chi connectivity index (χ1v) is 16.9. The van der Waals surface area contributed by atoms with Gasteiger partial charge in [0.15, 0.2) is 0 Å². The molecule has 0 bridgehead atoms. The summed E-state index contributed by atoms with van der Waals surface area (Å²) in [5.41, 5.74) is 2.75. The molecule has 10 heteroatoms. The highest BCUT2D eigenvalue weighted by molar-refractivity contribution is 7.92. The summed E-state index contributed by atoms with van der Waals surface area (Å²) < 4.78 is 34.9. The van der Waals surface area contributed by atoms with E-state index in [9.17, 15) is 18.0 Å². The average molecular weight is 662 g/mol. The van der Waals surface area contributed by atoms with Crippen LogP contribution in [-0.2, 0) is 32.6 Å². The van der Waals surface area contributed by atoms with E-state index in [4.69, 9.17) is 16.3 Å². The minimum Gasteiger partial charge on any atom is -0.497 e. The fourth-order valence-electron chi connectivity index (χ4n) is 4.91. The quantitative estimate of drug-likeness (QED) is 0.169. The van der Waals surface area contributed by atoms with Gasteiger partial charge in [-0.1, -0.05) is 84.8 Å². The van der Waals surface area contributed by atoms with Crippen LogP contribution in [0.15, 0.2) is 108 Å². The number of carbonyl (C=O) groups excluding carboxylic acids is 2. The smallest absolute Gasteiger partial charge is 0.264 e. The third kappa shape index (κ3) is 8.89. The van der Waals surface area contributed by atoms with Crippen molar-refractivity contribution in [3.63, 3.8) is 0 Å². The number of ether oxygens (including phenoxy) is 1. The van der Waals surface area contributed by atoms with Gasteiger partial charge in [0.1, 0.15) is 18.3 Å². The third-order valence-electron chi connectivity index (χ3n) is 7.77. The number of sulfonamides is 1. The molecule has 0 saturated heterocycles. The Balaban J connectivity index is 1.82. The second kappa shape index (κ2) is 15.8. The molecular weight excluding hydrogens is 622 g/mol. The van der Waals surface area contributed by atoms with E-state index in [-0.39, 0.29) is 35.5 Å². The van der Waals surface area contributed by atoms with Crippen LogP contribution in [0.1, 0.15) is 37.0 Å². The van der Waals surface area contributed by atoms with E-state index in [1.807, 2.05) is 51.1 Å². The van der Waals surface area contributed by atoms with E-state index < -0.39 is 28.5 Å². The summed E-state index contributed by atoms with van der Waals surface area (Å²) in [5, 5.41) is 3.57. The summed E-state index contributed by atoms with van der Waals surface area (Å²) in [6, 6.07) is 28.4. The van der Waals surface area contributed by atoms with Crippen molar-refractivity contribution in [2.75, 3.05) is 18.0 Å². The fraction of sp³-hybridized carbons (Fsp3) is 0.278. The Labute approximate surface area is 277 Å². The second-order valence-electron chi connectivity index (χ2n) is 11.2. The van der Waals surface area contributed by atoms with Gasteiger partial charge in [0.25, 0.3) is 10.0 Å². The van der Waals surface area contributed by atoms with E-state index in [0.29, 0.717) is 17.2 Å². The van der Waals surface area contributed by atoms with Crippen molar-refractivity contribution >= 4 is 39.1 Å². The predicted octanol–water partition coefficient (Wildman–Crippen LogP) is 6.41. The Morgan fingerprint density at radius 2 is 1.57 bits per heavy atom. The molecule has 0 fully saturated rings. The minimum atomic E-state index is -4.22. The average Bonchev–Trinajstić information content (AvgIpc) is 3.06.